The molecular weight excluding hydrogens is 460 g/mol. The molecule has 4 aromatic rings. The first-order valence-electron chi connectivity index (χ1n) is 10.2. The number of methoxy groups -OCH3 is 2. The van der Waals surface area contributed by atoms with Gasteiger partial charge in [0.1, 0.15) is 28.6 Å². The van der Waals surface area contributed by atoms with Crippen molar-refractivity contribution in [3.8, 4) is 23.0 Å². The maximum absolute atomic E-state index is 12.8. The van der Waals surface area contributed by atoms with E-state index < -0.39 is 5.97 Å². The van der Waals surface area contributed by atoms with Gasteiger partial charge in [0.05, 0.1) is 19.8 Å². The number of carbonyl (C=O) groups is 2. The van der Waals surface area contributed by atoms with Crippen molar-refractivity contribution in [2.24, 2.45) is 0 Å². The summed E-state index contributed by atoms with van der Waals surface area (Å²) in [7, 11) is 3.09. The molecule has 0 radical (unpaired) electrons. The third-order valence-corrected chi connectivity index (χ3v) is 5.49. The molecule has 0 saturated heterocycles. The van der Waals surface area contributed by atoms with E-state index in [9.17, 15) is 9.59 Å². The van der Waals surface area contributed by atoms with Crippen LogP contribution in [0, 0.1) is 0 Å². The number of carbonyl (C=O) groups excluding carboxylic acids is 2. The Bertz CT molecular complexity index is 1480. The summed E-state index contributed by atoms with van der Waals surface area (Å²) in [5.41, 5.74) is 1.49. The Kier molecular flexibility index (Phi) is 5.47. The van der Waals surface area contributed by atoms with Crippen molar-refractivity contribution in [2.45, 2.75) is 0 Å². The van der Waals surface area contributed by atoms with E-state index in [1.165, 1.54) is 19.2 Å². The number of benzene rings is 3. The molecule has 0 N–H and O–H groups in total. The van der Waals surface area contributed by atoms with Gasteiger partial charge in [-0.2, -0.15) is 0 Å². The Labute approximate surface area is 199 Å². The van der Waals surface area contributed by atoms with E-state index in [0.29, 0.717) is 38.6 Å². The molecule has 170 valence electrons. The molecule has 3 aromatic carbocycles. The van der Waals surface area contributed by atoms with Gasteiger partial charge in [-0.25, -0.2) is 4.79 Å². The number of allylic oxidation sites excluding steroid dienone is 1. The van der Waals surface area contributed by atoms with Crippen molar-refractivity contribution in [2.75, 3.05) is 14.2 Å². The van der Waals surface area contributed by atoms with Crippen LogP contribution in [0.3, 0.4) is 0 Å². The smallest absolute Gasteiger partial charge is 0.379 e. The van der Waals surface area contributed by atoms with E-state index in [-0.39, 0.29) is 28.8 Å². The molecule has 1 aliphatic rings. The highest BCUT2D eigenvalue weighted by atomic mass is 35.5. The van der Waals surface area contributed by atoms with Crippen molar-refractivity contribution < 1.29 is 33.0 Å². The SMILES string of the molecule is COc1ccc(OC)c(/C=C2\Oc3cc(OC(=O)c4cc5cc(Cl)ccc5o4)ccc3C2=O)c1. The standard InChI is InChI=1S/C26H17ClO7/c1-30-17-5-8-20(31-2)15(10-17)11-23-25(28)19-6-4-18(13-22(19)34-23)32-26(29)24-12-14-9-16(27)3-7-21(14)33-24/h3-13H,1-2H3/b23-11-. The average Bonchev–Trinajstić information content (AvgIpc) is 3.39. The summed E-state index contributed by atoms with van der Waals surface area (Å²) in [6.45, 7) is 0. The maximum atomic E-state index is 12.8. The van der Waals surface area contributed by atoms with Gasteiger partial charge in [-0.15, -0.1) is 0 Å². The second kappa shape index (κ2) is 8.61. The van der Waals surface area contributed by atoms with Crippen LogP contribution in [0.4, 0.5) is 0 Å². The average molecular weight is 477 g/mol. The molecule has 0 saturated carbocycles. The van der Waals surface area contributed by atoms with Crippen LogP contribution in [0.2, 0.25) is 5.02 Å². The fraction of sp³-hybridized carbons (Fsp3) is 0.0769. The van der Waals surface area contributed by atoms with Gasteiger partial charge in [0, 0.05) is 22.0 Å². The highest BCUT2D eigenvalue weighted by Crippen LogP contribution is 2.36. The molecule has 0 fully saturated rings. The largest absolute Gasteiger partial charge is 0.497 e. The predicted molar refractivity (Wildman–Crippen MR) is 125 cm³/mol. The molecule has 1 aliphatic heterocycles. The zero-order chi connectivity index (χ0) is 23.8. The van der Waals surface area contributed by atoms with Gasteiger partial charge in [-0.05, 0) is 60.7 Å². The first-order valence-corrected chi connectivity index (χ1v) is 10.5. The molecule has 34 heavy (non-hydrogen) atoms. The lowest BCUT2D eigenvalue weighted by Gasteiger charge is -2.08. The quantitative estimate of drug-likeness (QED) is 0.200. The van der Waals surface area contributed by atoms with E-state index in [2.05, 4.69) is 0 Å². The second-order valence-corrected chi connectivity index (χ2v) is 7.82. The number of furan rings is 1. The highest BCUT2D eigenvalue weighted by Gasteiger charge is 2.29. The van der Waals surface area contributed by atoms with Gasteiger partial charge < -0.3 is 23.4 Å². The van der Waals surface area contributed by atoms with Crippen LogP contribution in [0.5, 0.6) is 23.0 Å². The van der Waals surface area contributed by atoms with E-state index in [0.717, 1.165) is 0 Å². The van der Waals surface area contributed by atoms with Crippen LogP contribution < -0.4 is 18.9 Å². The van der Waals surface area contributed by atoms with Gasteiger partial charge in [0.2, 0.25) is 11.5 Å². The van der Waals surface area contributed by atoms with Crippen LogP contribution in [0.1, 0.15) is 26.5 Å². The maximum Gasteiger partial charge on any atom is 0.379 e. The lowest BCUT2D eigenvalue weighted by Crippen LogP contribution is -2.07. The minimum absolute atomic E-state index is 0.0282. The summed E-state index contributed by atoms with van der Waals surface area (Å²) in [5.74, 6) is 0.801. The van der Waals surface area contributed by atoms with Gasteiger partial charge in [0.15, 0.2) is 5.76 Å². The monoisotopic (exact) mass is 476 g/mol. The Balaban J connectivity index is 1.39. The van der Waals surface area contributed by atoms with Crippen LogP contribution in [0.15, 0.2) is 70.8 Å². The lowest BCUT2D eigenvalue weighted by atomic mass is 10.1. The summed E-state index contributed by atoms with van der Waals surface area (Å²) < 4.78 is 27.3. The number of ketones is 1. The van der Waals surface area contributed by atoms with Crippen molar-refractivity contribution in [1.82, 2.24) is 0 Å². The topological polar surface area (TPSA) is 84.2 Å². The number of ether oxygens (including phenoxy) is 4. The van der Waals surface area contributed by atoms with Gasteiger partial charge in [-0.1, -0.05) is 11.6 Å². The van der Waals surface area contributed by atoms with E-state index in [4.69, 9.17) is 35.0 Å². The Morgan fingerprint density at radius 1 is 0.941 bits per heavy atom. The summed E-state index contributed by atoms with van der Waals surface area (Å²) in [4.78, 5) is 25.4. The van der Waals surface area contributed by atoms with Crippen LogP contribution in [-0.4, -0.2) is 26.0 Å². The second-order valence-electron chi connectivity index (χ2n) is 7.39. The summed E-state index contributed by atoms with van der Waals surface area (Å²) >= 11 is 5.98. The first kappa shape index (κ1) is 21.6. The molecule has 0 bridgehead atoms. The Morgan fingerprint density at radius 3 is 2.56 bits per heavy atom. The summed E-state index contributed by atoms with van der Waals surface area (Å²) in [6, 6.07) is 16.4. The predicted octanol–water partition coefficient (Wildman–Crippen LogP) is 5.94. The van der Waals surface area contributed by atoms with E-state index in [1.807, 2.05) is 0 Å². The normalized spacial score (nSPS) is 13.6. The van der Waals surface area contributed by atoms with Gasteiger partial charge >= 0.3 is 5.97 Å². The van der Waals surface area contributed by atoms with Gasteiger partial charge in [0.25, 0.3) is 0 Å². The number of fused-ring (bicyclic) bond motifs is 2. The molecule has 0 aliphatic carbocycles. The molecule has 0 spiro atoms. The zero-order valence-electron chi connectivity index (χ0n) is 18.1. The fourth-order valence-electron chi connectivity index (χ4n) is 3.60. The lowest BCUT2D eigenvalue weighted by molar-refractivity contribution is 0.0703. The van der Waals surface area contributed by atoms with Crippen LogP contribution >= 0.6 is 11.6 Å². The molecule has 7 nitrogen and oxygen atoms in total. The number of rotatable bonds is 5. The molecule has 8 heteroatoms. The third kappa shape index (κ3) is 3.97. The Morgan fingerprint density at radius 2 is 1.76 bits per heavy atom. The first-order chi connectivity index (χ1) is 16.4. The van der Waals surface area contributed by atoms with Gasteiger partial charge in [-0.3, -0.25) is 4.79 Å². The van der Waals surface area contributed by atoms with Crippen molar-refractivity contribution in [1.29, 1.82) is 0 Å². The molecule has 0 unspecified atom stereocenters. The van der Waals surface area contributed by atoms with Crippen LogP contribution in [-0.2, 0) is 0 Å². The van der Waals surface area contributed by atoms with Crippen molar-refractivity contribution in [3.63, 3.8) is 0 Å². The van der Waals surface area contributed by atoms with Crippen molar-refractivity contribution >= 4 is 40.4 Å². The van der Waals surface area contributed by atoms with Crippen molar-refractivity contribution in [3.05, 3.63) is 88.3 Å². The third-order valence-electron chi connectivity index (χ3n) is 5.25. The fourth-order valence-corrected chi connectivity index (χ4v) is 3.78. The zero-order valence-corrected chi connectivity index (χ0v) is 18.8. The molecule has 2 heterocycles. The molecule has 0 amide bonds. The number of Topliss-reactive ketones (excluding diaryl/α,β-unsaturated/α-hetero) is 1. The minimum Gasteiger partial charge on any atom is -0.497 e. The summed E-state index contributed by atoms with van der Waals surface area (Å²) in [5, 5.41) is 1.22. The molecule has 0 atom stereocenters. The number of esters is 1. The number of hydrogen-bond acceptors (Lipinski definition) is 7. The minimum atomic E-state index is -0.687. The summed E-state index contributed by atoms with van der Waals surface area (Å²) in [6.07, 6.45) is 1.58. The number of hydrogen-bond donors (Lipinski definition) is 0. The Hall–Kier alpha value is -4.23. The molecular formula is C26H17ClO7. The van der Waals surface area contributed by atoms with E-state index in [1.54, 1.807) is 61.7 Å². The molecule has 1 aromatic heterocycles. The number of halogens is 1. The van der Waals surface area contributed by atoms with E-state index >= 15 is 0 Å². The molecule has 5 rings (SSSR count). The van der Waals surface area contributed by atoms with Crippen LogP contribution in [0.25, 0.3) is 17.0 Å². The highest BCUT2D eigenvalue weighted by molar-refractivity contribution is 6.31.